The molecule has 0 radical (unpaired) electrons. The molecule has 16 heavy (non-hydrogen) atoms. The van der Waals surface area contributed by atoms with Crippen molar-refractivity contribution in [2.75, 3.05) is 0 Å². The quantitative estimate of drug-likeness (QED) is 0.459. The van der Waals surface area contributed by atoms with Crippen LogP contribution in [0, 0.1) is 0 Å². The van der Waals surface area contributed by atoms with Crippen molar-refractivity contribution in [2.24, 2.45) is 0 Å². The monoisotopic (exact) mass is 212 g/mol. The predicted octanol–water partition coefficient (Wildman–Crippen LogP) is 5.00. The first-order valence-corrected chi connectivity index (χ1v) is 5.91. The van der Waals surface area contributed by atoms with E-state index >= 15 is 0 Å². The van der Waals surface area contributed by atoms with E-state index < -0.39 is 0 Å². The van der Waals surface area contributed by atoms with Gasteiger partial charge in [0, 0.05) is 0 Å². The maximum atomic E-state index is 2.25. The summed E-state index contributed by atoms with van der Waals surface area (Å²) in [5.74, 6) is 0. The Kier molecular flexibility index (Phi) is 6.82. The lowest BCUT2D eigenvalue weighted by Gasteiger charge is -1.90. The molecule has 1 rings (SSSR count). The number of hydrogen-bond donors (Lipinski definition) is 0. The zero-order valence-electron chi connectivity index (χ0n) is 9.97. The Morgan fingerprint density at radius 3 is 2.38 bits per heavy atom. The third-order valence-corrected chi connectivity index (χ3v) is 2.28. The number of allylic oxidation sites excluding steroid dienone is 5. The van der Waals surface area contributed by atoms with Crippen molar-refractivity contribution in [1.82, 2.24) is 0 Å². The Bertz CT molecular complexity index is 342. The van der Waals surface area contributed by atoms with Crippen LogP contribution in [-0.4, -0.2) is 0 Å². The third-order valence-electron chi connectivity index (χ3n) is 2.28. The van der Waals surface area contributed by atoms with Gasteiger partial charge in [0.1, 0.15) is 0 Å². The van der Waals surface area contributed by atoms with E-state index in [4.69, 9.17) is 0 Å². The van der Waals surface area contributed by atoms with Gasteiger partial charge in [-0.15, -0.1) is 0 Å². The highest BCUT2D eigenvalue weighted by molar-refractivity contribution is 5.48. The largest absolute Gasteiger partial charge is 0.0917 e. The summed E-state index contributed by atoms with van der Waals surface area (Å²) in [5.41, 5.74) is 1.27. The average Bonchev–Trinajstić information content (AvgIpc) is 2.34. The van der Waals surface area contributed by atoms with Gasteiger partial charge >= 0.3 is 0 Å². The van der Waals surface area contributed by atoms with Crippen LogP contribution in [0.5, 0.6) is 0 Å². The second kappa shape index (κ2) is 8.72. The number of rotatable bonds is 6. The number of unbranched alkanes of at least 4 members (excludes halogenated alkanes) is 1. The fourth-order valence-electron chi connectivity index (χ4n) is 1.42. The molecule has 0 aromatic heterocycles. The van der Waals surface area contributed by atoms with Crippen molar-refractivity contribution < 1.29 is 0 Å². The summed E-state index contributed by atoms with van der Waals surface area (Å²) < 4.78 is 0. The summed E-state index contributed by atoms with van der Waals surface area (Å²) in [7, 11) is 0. The van der Waals surface area contributed by atoms with Crippen LogP contribution in [0.25, 0.3) is 6.08 Å². The molecule has 0 spiro atoms. The second-order valence-corrected chi connectivity index (χ2v) is 3.67. The van der Waals surface area contributed by atoms with Gasteiger partial charge in [-0.3, -0.25) is 0 Å². The Hall–Kier alpha value is -1.56. The molecule has 0 N–H and O–H groups in total. The van der Waals surface area contributed by atoms with Crippen LogP contribution >= 0.6 is 0 Å². The van der Waals surface area contributed by atoms with E-state index in [1.807, 2.05) is 6.07 Å². The molecule has 0 bridgehead atoms. The normalized spacial score (nSPS) is 12.1. The summed E-state index contributed by atoms with van der Waals surface area (Å²) in [6.07, 6.45) is 16.4. The smallest absolute Gasteiger partial charge is 0.0166 e. The summed E-state index contributed by atoms with van der Waals surface area (Å²) in [6.45, 7) is 2.06. The fraction of sp³-hybridized carbons (Fsp3) is 0.250. The van der Waals surface area contributed by atoms with Crippen molar-refractivity contribution in [3.8, 4) is 0 Å². The third kappa shape index (κ3) is 6.02. The topological polar surface area (TPSA) is 0 Å². The number of benzene rings is 1. The molecular weight excluding hydrogens is 192 g/mol. The van der Waals surface area contributed by atoms with Crippen LogP contribution in [0.3, 0.4) is 0 Å². The van der Waals surface area contributed by atoms with Crippen LogP contribution in [0.2, 0.25) is 0 Å². The van der Waals surface area contributed by atoms with Crippen molar-refractivity contribution >= 4 is 6.08 Å². The first kappa shape index (κ1) is 12.5. The lowest BCUT2D eigenvalue weighted by molar-refractivity contribution is 1.04. The summed E-state index contributed by atoms with van der Waals surface area (Å²) in [6, 6.07) is 10.4. The van der Waals surface area contributed by atoms with Gasteiger partial charge in [-0.25, -0.2) is 0 Å². The minimum atomic E-state index is 1.02. The van der Waals surface area contributed by atoms with E-state index in [9.17, 15) is 0 Å². The lowest BCUT2D eigenvalue weighted by Crippen LogP contribution is -1.68. The van der Waals surface area contributed by atoms with Crippen molar-refractivity contribution in [1.29, 1.82) is 0 Å². The molecule has 1 aromatic rings. The molecule has 0 aliphatic rings. The van der Waals surface area contributed by atoms with Crippen LogP contribution in [-0.2, 0) is 0 Å². The first-order chi connectivity index (χ1) is 7.93. The SMILES string of the molecule is CC=CCCC=CCC=Cc1ccccc1. The van der Waals surface area contributed by atoms with Crippen molar-refractivity contribution in [2.45, 2.75) is 26.2 Å². The van der Waals surface area contributed by atoms with Gasteiger partial charge < -0.3 is 0 Å². The van der Waals surface area contributed by atoms with E-state index in [0.29, 0.717) is 0 Å². The van der Waals surface area contributed by atoms with Gasteiger partial charge in [-0.2, -0.15) is 0 Å². The molecule has 0 heteroatoms. The molecule has 84 valence electrons. The van der Waals surface area contributed by atoms with Crippen molar-refractivity contribution in [3.63, 3.8) is 0 Å². The zero-order chi connectivity index (χ0) is 11.5. The van der Waals surface area contributed by atoms with Crippen molar-refractivity contribution in [3.05, 3.63) is 66.3 Å². The molecule has 0 aliphatic heterocycles. The molecule has 0 unspecified atom stereocenters. The molecule has 0 nitrogen and oxygen atoms in total. The minimum Gasteiger partial charge on any atom is -0.0917 e. The standard InChI is InChI=1S/C16H20/c1-2-3-4-5-6-7-8-10-13-16-14-11-9-12-15-16/h2-3,6-7,9-15H,4-5,8H2,1H3. The highest BCUT2D eigenvalue weighted by Gasteiger charge is 1.80. The predicted molar refractivity (Wildman–Crippen MR) is 73.3 cm³/mol. The molecule has 0 fully saturated rings. The average molecular weight is 212 g/mol. The molecule has 0 saturated carbocycles. The highest BCUT2D eigenvalue weighted by atomic mass is 13.9. The van der Waals surface area contributed by atoms with E-state index in [1.54, 1.807) is 0 Å². The van der Waals surface area contributed by atoms with Gasteiger partial charge in [-0.1, -0.05) is 66.8 Å². The molecule has 0 atom stereocenters. The van der Waals surface area contributed by atoms with Gasteiger partial charge in [0.2, 0.25) is 0 Å². The van der Waals surface area contributed by atoms with Crippen LogP contribution in [0.1, 0.15) is 31.7 Å². The van der Waals surface area contributed by atoms with Gasteiger partial charge in [0.05, 0.1) is 0 Å². The Morgan fingerprint density at radius 1 is 0.875 bits per heavy atom. The highest BCUT2D eigenvalue weighted by Crippen LogP contribution is 2.02. The molecule has 0 heterocycles. The molecule has 0 amide bonds. The van der Waals surface area contributed by atoms with E-state index in [0.717, 1.165) is 19.3 Å². The maximum Gasteiger partial charge on any atom is -0.0166 e. The van der Waals surface area contributed by atoms with Gasteiger partial charge in [-0.05, 0) is 31.7 Å². The van der Waals surface area contributed by atoms with Crippen LogP contribution in [0.4, 0.5) is 0 Å². The molecular formula is C16H20. The Morgan fingerprint density at radius 2 is 1.62 bits per heavy atom. The Balaban J connectivity index is 2.18. The summed E-state index contributed by atoms with van der Waals surface area (Å²) in [5, 5.41) is 0. The van der Waals surface area contributed by atoms with Gasteiger partial charge in [0.15, 0.2) is 0 Å². The summed E-state index contributed by atoms with van der Waals surface area (Å²) >= 11 is 0. The fourth-order valence-corrected chi connectivity index (χ4v) is 1.42. The minimum absolute atomic E-state index is 1.02. The zero-order valence-corrected chi connectivity index (χ0v) is 9.97. The van der Waals surface area contributed by atoms with E-state index in [1.165, 1.54) is 5.56 Å². The number of hydrogen-bond acceptors (Lipinski definition) is 0. The van der Waals surface area contributed by atoms with Gasteiger partial charge in [0.25, 0.3) is 0 Å². The molecule has 0 saturated heterocycles. The van der Waals surface area contributed by atoms with E-state index in [2.05, 4.69) is 67.6 Å². The lowest BCUT2D eigenvalue weighted by atomic mass is 10.2. The van der Waals surface area contributed by atoms with E-state index in [-0.39, 0.29) is 0 Å². The Labute approximate surface area is 99.0 Å². The van der Waals surface area contributed by atoms with Crippen LogP contribution in [0.15, 0.2) is 60.7 Å². The molecule has 1 aromatic carbocycles. The molecule has 0 aliphatic carbocycles. The van der Waals surface area contributed by atoms with Crippen LogP contribution < -0.4 is 0 Å². The first-order valence-electron chi connectivity index (χ1n) is 5.91. The summed E-state index contributed by atoms with van der Waals surface area (Å²) in [4.78, 5) is 0. The maximum absolute atomic E-state index is 2.25. The second-order valence-electron chi connectivity index (χ2n) is 3.67.